The molecule has 0 N–H and O–H groups in total. The summed E-state index contributed by atoms with van der Waals surface area (Å²) in [4.78, 5) is 30.7. The Morgan fingerprint density at radius 1 is 0.886 bits per heavy atom. The van der Waals surface area contributed by atoms with Gasteiger partial charge in [0.1, 0.15) is 0 Å². The van der Waals surface area contributed by atoms with Crippen LogP contribution in [-0.4, -0.2) is 56.0 Å². The number of amides is 2. The van der Waals surface area contributed by atoms with Crippen molar-refractivity contribution in [3.63, 3.8) is 0 Å². The minimum atomic E-state index is -0.285. The van der Waals surface area contributed by atoms with Crippen LogP contribution >= 0.6 is 0 Å². The van der Waals surface area contributed by atoms with Crippen LogP contribution in [0.3, 0.4) is 0 Å². The first kappa shape index (κ1) is 24.3. The first-order valence-electron chi connectivity index (χ1n) is 11.8. The van der Waals surface area contributed by atoms with Crippen molar-refractivity contribution in [2.75, 3.05) is 34.4 Å². The molecule has 1 heterocycles. The minimum Gasteiger partial charge on any atom is -0.493 e. The number of hydrogen-bond acceptors (Lipinski definition) is 4. The van der Waals surface area contributed by atoms with E-state index in [9.17, 15) is 9.59 Å². The van der Waals surface area contributed by atoms with Crippen molar-refractivity contribution >= 4 is 11.8 Å². The lowest BCUT2D eigenvalue weighted by Crippen LogP contribution is -2.48. The van der Waals surface area contributed by atoms with Crippen LogP contribution in [0.5, 0.6) is 11.5 Å². The molecule has 0 saturated carbocycles. The van der Waals surface area contributed by atoms with E-state index in [1.165, 1.54) is 0 Å². The first-order chi connectivity index (χ1) is 17.0. The number of likely N-dealkylation sites (tertiary alicyclic amines) is 1. The van der Waals surface area contributed by atoms with Gasteiger partial charge >= 0.3 is 0 Å². The lowest BCUT2D eigenvalue weighted by Gasteiger charge is -2.39. The zero-order chi connectivity index (χ0) is 24.8. The Morgan fingerprint density at radius 2 is 1.54 bits per heavy atom. The summed E-state index contributed by atoms with van der Waals surface area (Å²) < 4.78 is 10.7. The van der Waals surface area contributed by atoms with Crippen molar-refractivity contribution in [3.8, 4) is 11.5 Å². The molecule has 3 aromatic carbocycles. The summed E-state index contributed by atoms with van der Waals surface area (Å²) in [7, 11) is 4.95. The molecule has 2 atom stereocenters. The standard InChI is InChI=1S/C29H32N2O4/c1-30(18-21-10-6-4-7-11-21)28(32)25-16-24(22-12-8-5-9-13-22)19-31(20-25)29(33)23-14-15-26(34-2)27(17-23)35-3/h4-15,17,24-25H,16,18-20H2,1-3H3. The van der Waals surface area contributed by atoms with Gasteiger partial charge in [0.15, 0.2) is 11.5 Å². The number of rotatable bonds is 7. The van der Waals surface area contributed by atoms with Crippen LogP contribution in [-0.2, 0) is 11.3 Å². The molecule has 2 unspecified atom stereocenters. The van der Waals surface area contributed by atoms with Crippen molar-refractivity contribution in [1.82, 2.24) is 9.80 Å². The Bertz CT molecular complexity index is 1150. The molecule has 3 aromatic rings. The Morgan fingerprint density at radius 3 is 2.20 bits per heavy atom. The van der Waals surface area contributed by atoms with E-state index in [1.807, 2.05) is 55.6 Å². The van der Waals surface area contributed by atoms with Gasteiger partial charge in [-0.2, -0.15) is 0 Å². The monoisotopic (exact) mass is 472 g/mol. The molecule has 0 aromatic heterocycles. The largest absolute Gasteiger partial charge is 0.493 e. The van der Waals surface area contributed by atoms with E-state index in [0.29, 0.717) is 43.1 Å². The average Bonchev–Trinajstić information content (AvgIpc) is 2.92. The summed E-state index contributed by atoms with van der Waals surface area (Å²) in [5.41, 5.74) is 2.73. The van der Waals surface area contributed by atoms with E-state index in [1.54, 1.807) is 42.2 Å². The van der Waals surface area contributed by atoms with Crippen LogP contribution in [0.1, 0.15) is 33.8 Å². The average molecular weight is 473 g/mol. The van der Waals surface area contributed by atoms with Gasteiger partial charge in [0.05, 0.1) is 20.1 Å². The van der Waals surface area contributed by atoms with Crippen LogP contribution in [0.4, 0.5) is 0 Å². The molecule has 1 aliphatic rings. The molecular weight excluding hydrogens is 440 g/mol. The summed E-state index contributed by atoms with van der Waals surface area (Å²) in [5, 5.41) is 0. The van der Waals surface area contributed by atoms with E-state index in [0.717, 1.165) is 11.1 Å². The third-order valence-electron chi connectivity index (χ3n) is 6.63. The van der Waals surface area contributed by atoms with E-state index in [4.69, 9.17) is 9.47 Å². The van der Waals surface area contributed by atoms with Crippen LogP contribution in [0, 0.1) is 5.92 Å². The Labute approximate surface area is 207 Å². The fourth-order valence-corrected chi connectivity index (χ4v) is 4.81. The minimum absolute atomic E-state index is 0.0552. The van der Waals surface area contributed by atoms with Crippen molar-refractivity contribution in [3.05, 3.63) is 95.6 Å². The number of carbonyl (C=O) groups excluding carboxylic acids is 2. The highest BCUT2D eigenvalue weighted by Gasteiger charge is 2.36. The number of piperidine rings is 1. The quantitative estimate of drug-likeness (QED) is 0.504. The molecule has 4 rings (SSSR count). The van der Waals surface area contributed by atoms with Gasteiger partial charge < -0.3 is 19.3 Å². The molecule has 0 bridgehead atoms. The summed E-state index contributed by atoms with van der Waals surface area (Å²) in [6.45, 7) is 1.48. The lowest BCUT2D eigenvalue weighted by molar-refractivity contribution is -0.136. The summed E-state index contributed by atoms with van der Waals surface area (Å²) >= 11 is 0. The van der Waals surface area contributed by atoms with Gasteiger partial charge in [-0.05, 0) is 35.7 Å². The molecule has 2 amide bonds. The molecule has 6 nitrogen and oxygen atoms in total. The topological polar surface area (TPSA) is 59.1 Å². The highest BCUT2D eigenvalue weighted by Crippen LogP contribution is 2.33. The second kappa shape index (κ2) is 11.1. The van der Waals surface area contributed by atoms with Crippen LogP contribution in [0.25, 0.3) is 0 Å². The molecule has 1 fully saturated rings. The van der Waals surface area contributed by atoms with E-state index >= 15 is 0 Å². The summed E-state index contributed by atoms with van der Waals surface area (Å²) in [6, 6.07) is 25.3. The SMILES string of the molecule is COc1ccc(C(=O)N2CC(C(=O)N(C)Cc3ccccc3)CC(c3ccccc3)C2)cc1OC. The molecular formula is C29H32N2O4. The maximum atomic E-state index is 13.6. The lowest BCUT2D eigenvalue weighted by atomic mass is 9.83. The predicted molar refractivity (Wildman–Crippen MR) is 136 cm³/mol. The second-order valence-corrected chi connectivity index (χ2v) is 9.00. The summed E-state index contributed by atoms with van der Waals surface area (Å²) in [6.07, 6.45) is 0.706. The van der Waals surface area contributed by atoms with Gasteiger partial charge in [-0.25, -0.2) is 0 Å². The van der Waals surface area contributed by atoms with E-state index in [2.05, 4.69) is 12.1 Å². The van der Waals surface area contributed by atoms with Gasteiger partial charge in [0.25, 0.3) is 5.91 Å². The maximum absolute atomic E-state index is 13.6. The Balaban J connectivity index is 1.58. The third-order valence-corrected chi connectivity index (χ3v) is 6.63. The molecule has 35 heavy (non-hydrogen) atoms. The van der Waals surface area contributed by atoms with Crippen molar-refractivity contribution in [2.45, 2.75) is 18.9 Å². The zero-order valence-corrected chi connectivity index (χ0v) is 20.5. The fourth-order valence-electron chi connectivity index (χ4n) is 4.81. The van der Waals surface area contributed by atoms with E-state index in [-0.39, 0.29) is 23.7 Å². The molecule has 6 heteroatoms. The highest BCUT2D eigenvalue weighted by atomic mass is 16.5. The van der Waals surface area contributed by atoms with Gasteiger partial charge in [-0.3, -0.25) is 9.59 Å². The first-order valence-corrected chi connectivity index (χ1v) is 11.8. The highest BCUT2D eigenvalue weighted by molar-refractivity contribution is 5.95. The predicted octanol–water partition coefficient (Wildman–Crippen LogP) is 4.61. The molecule has 182 valence electrons. The number of methoxy groups -OCH3 is 2. The Kier molecular flexibility index (Phi) is 7.70. The van der Waals surface area contributed by atoms with Gasteiger partial charge in [0.2, 0.25) is 5.91 Å². The van der Waals surface area contributed by atoms with Crippen molar-refractivity contribution in [1.29, 1.82) is 0 Å². The number of carbonyl (C=O) groups is 2. The van der Waals surface area contributed by atoms with E-state index < -0.39 is 0 Å². The Hall–Kier alpha value is -3.80. The van der Waals surface area contributed by atoms with Crippen molar-refractivity contribution < 1.29 is 19.1 Å². The third kappa shape index (κ3) is 5.65. The number of hydrogen-bond donors (Lipinski definition) is 0. The van der Waals surface area contributed by atoms with Crippen molar-refractivity contribution in [2.24, 2.45) is 5.92 Å². The second-order valence-electron chi connectivity index (χ2n) is 9.00. The maximum Gasteiger partial charge on any atom is 0.254 e. The van der Waals surface area contributed by atoms with Crippen LogP contribution in [0.2, 0.25) is 0 Å². The van der Waals surface area contributed by atoms with Crippen LogP contribution < -0.4 is 9.47 Å². The molecule has 0 spiro atoms. The fraction of sp³-hybridized carbons (Fsp3) is 0.310. The molecule has 0 aliphatic carbocycles. The molecule has 1 aliphatic heterocycles. The normalized spacial score (nSPS) is 17.5. The van der Waals surface area contributed by atoms with Gasteiger partial charge in [0, 0.05) is 38.2 Å². The molecule has 1 saturated heterocycles. The number of ether oxygens (including phenoxy) is 2. The van der Waals surface area contributed by atoms with Gasteiger partial charge in [-0.1, -0.05) is 60.7 Å². The van der Waals surface area contributed by atoms with Crippen LogP contribution in [0.15, 0.2) is 78.9 Å². The van der Waals surface area contributed by atoms with Gasteiger partial charge in [-0.15, -0.1) is 0 Å². The summed E-state index contributed by atoms with van der Waals surface area (Å²) in [5.74, 6) is 0.806. The zero-order valence-electron chi connectivity index (χ0n) is 20.5. The molecule has 0 radical (unpaired) electrons. The number of nitrogens with zero attached hydrogens (tertiary/aromatic N) is 2. The number of benzene rings is 3. The smallest absolute Gasteiger partial charge is 0.254 e.